The molecule has 7 amide bonds. The van der Waals surface area contributed by atoms with E-state index in [4.69, 9.17) is 33.2 Å². The molecular weight excluding hydrogens is 1190 g/mol. The van der Waals surface area contributed by atoms with E-state index in [1.807, 2.05) is 0 Å². The zero-order valence-corrected chi connectivity index (χ0v) is 53.2. The number of hydrogen-bond acceptors (Lipinski definition) is 23. The minimum Gasteiger partial charge on any atom is -0.394 e. The van der Waals surface area contributed by atoms with Crippen LogP contribution in [0.15, 0.2) is 0 Å². The molecule has 3 heterocycles. The second kappa shape index (κ2) is 45.9. The fourth-order valence-electron chi connectivity index (χ4n) is 10.5. The van der Waals surface area contributed by atoms with Crippen LogP contribution in [0.25, 0.3) is 0 Å². The number of carbonyl (C=O) groups is 7. The summed E-state index contributed by atoms with van der Waals surface area (Å²) in [6.45, 7) is 4.65. The molecule has 16 N–H and O–H groups in total. The van der Waals surface area contributed by atoms with Gasteiger partial charge in [-0.05, 0) is 89.9 Å². The molecule has 0 bridgehead atoms. The van der Waals surface area contributed by atoms with Gasteiger partial charge in [0.15, 0.2) is 18.9 Å². The smallest absolute Gasteiger partial charge is 0.243 e. The summed E-state index contributed by atoms with van der Waals surface area (Å²) in [5, 5.41) is 110. The van der Waals surface area contributed by atoms with Crippen LogP contribution in [0.1, 0.15) is 162 Å². The van der Waals surface area contributed by atoms with E-state index in [9.17, 15) is 79.5 Å². The van der Waals surface area contributed by atoms with Crippen LogP contribution >= 0.6 is 0 Å². The van der Waals surface area contributed by atoms with Crippen molar-refractivity contribution in [1.29, 1.82) is 0 Å². The fraction of sp³-hybridized carbons (Fsp3) is 0.883. The fourth-order valence-corrected chi connectivity index (χ4v) is 10.5. The van der Waals surface area contributed by atoms with Gasteiger partial charge in [0, 0.05) is 91.0 Å². The van der Waals surface area contributed by atoms with Gasteiger partial charge in [-0.3, -0.25) is 33.6 Å². The zero-order chi connectivity index (χ0) is 66.4. The lowest BCUT2D eigenvalue weighted by Gasteiger charge is -2.42. The summed E-state index contributed by atoms with van der Waals surface area (Å²) < 4.78 is 39.0. The average Bonchev–Trinajstić information content (AvgIpc) is 1.89. The van der Waals surface area contributed by atoms with E-state index in [1.54, 1.807) is 13.8 Å². The molecule has 17 atom stereocenters. The van der Waals surface area contributed by atoms with Crippen LogP contribution in [0.2, 0.25) is 0 Å². The summed E-state index contributed by atoms with van der Waals surface area (Å²) in [6, 6.07) is -3.14. The summed E-state index contributed by atoms with van der Waals surface area (Å²) in [7, 11) is 1.47. The van der Waals surface area contributed by atoms with Crippen LogP contribution in [-0.2, 0) is 66.7 Å². The van der Waals surface area contributed by atoms with Crippen molar-refractivity contribution in [3.8, 4) is 0 Å². The number of unbranched alkanes of at least 4 members (excludes halogenated alkanes) is 10. The second-order valence-corrected chi connectivity index (χ2v) is 23.6. The highest BCUT2D eigenvalue weighted by atomic mass is 16.7. The maximum atomic E-state index is 14.2. The Morgan fingerprint density at radius 3 is 1.24 bits per heavy atom. The van der Waals surface area contributed by atoms with Crippen LogP contribution < -0.4 is 37.2 Å². The van der Waals surface area contributed by atoms with Crippen molar-refractivity contribution < 1.29 is 113 Å². The van der Waals surface area contributed by atoms with Crippen molar-refractivity contribution in [1.82, 2.24) is 37.2 Å². The molecule has 30 heteroatoms. The lowest BCUT2D eigenvalue weighted by Crippen LogP contribution is -2.64. The van der Waals surface area contributed by atoms with E-state index < -0.39 is 147 Å². The van der Waals surface area contributed by atoms with Gasteiger partial charge in [-0.25, -0.2) is 0 Å². The van der Waals surface area contributed by atoms with Gasteiger partial charge in [0.2, 0.25) is 41.4 Å². The van der Waals surface area contributed by atoms with Gasteiger partial charge >= 0.3 is 0 Å². The van der Waals surface area contributed by atoms with Gasteiger partial charge in [0.1, 0.15) is 67.6 Å². The average molecular weight is 1300 g/mol. The number of aliphatic hydroxyl groups is 9. The molecule has 3 rings (SSSR count). The number of methoxy groups -OCH3 is 1. The van der Waals surface area contributed by atoms with Crippen LogP contribution in [0.4, 0.5) is 0 Å². The number of amides is 7. The molecule has 3 fully saturated rings. The SMILES string of the molecule is COCNC(=O)CCCCCNC(=O)C(CCCCNC(=O)CCCCCO[C@@H]1OC(CO)[C@H](O)[C@H](O)C1NC(C)=O)NC(=O)C(CCCCNC(=O)CCCCCO[C@@H]1OC(CO)[C@H](O)[C@H](O)C1C)NC(=O)CCCCCO[C@@H]1OC(CO)[C@H](O)[C@H](O)C1C. The molecule has 3 aliphatic rings. The maximum absolute atomic E-state index is 14.2. The predicted molar refractivity (Wildman–Crippen MR) is 322 cm³/mol. The normalized spacial score (nSPS) is 27.4. The lowest BCUT2D eigenvalue weighted by molar-refractivity contribution is -0.282. The van der Waals surface area contributed by atoms with Gasteiger partial charge < -0.3 is 116 Å². The number of hydrogen-bond donors (Lipinski definition) is 16. The largest absolute Gasteiger partial charge is 0.394 e. The minimum absolute atomic E-state index is 0.0603. The quantitative estimate of drug-likeness (QED) is 0.0226. The third-order valence-electron chi connectivity index (χ3n) is 16.2. The first-order chi connectivity index (χ1) is 43.2. The van der Waals surface area contributed by atoms with Crippen LogP contribution in [0, 0.1) is 11.8 Å². The predicted octanol–water partition coefficient (Wildman–Crippen LogP) is -2.25. The van der Waals surface area contributed by atoms with Crippen molar-refractivity contribution >= 4 is 41.4 Å². The zero-order valence-electron chi connectivity index (χ0n) is 53.2. The van der Waals surface area contributed by atoms with Gasteiger partial charge in [-0.1, -0.05) is 39.5 Å². The molecule has 0 aromatic rings. The highest BCUT2D eigenvalue weighted by Gasteiger charge is 2.46. The molecular formula is C60H109N7O23. The van der Waals surface area contributed by atoms with Crippen LogP contribution in [-0.4, -0.2) is 252 Å². The Labute approximate surface area is 528 Å². The molecule has 0 aliphatic carbocycles. The molecule has 8 unspecified atom stereocenters. The Morgan fingerprint density at radius 1 is 0.422 bits per heavy atom. The van der Waals surface area contributed by atoms with Gasteiger partial charge in [0.05, 0.1) is 32.0 Å². The Bertz CT molecular complexity index is 2050. The van der Waals surface area contributed by atoms with E-state index in [2.05, 4.69) is 37.2 Å². The lowest BCUT2D eigenvalue weighted by atomic mass is 9.92. The highest BCUT2D eigenvalue weighted by Crippen LogP contribution is 2.29. The Morgan fingerprint density at radius 2 is 0.800 bits per heavy atom. The third kappa shape index (κ3) is 30.2. The number of nitrogens with one attached hydrogen (secondary N) is 7. The molecule has 0 aromatic carbocycles. The molecule has 90 heavy (non-hydrogen) atoms. The van der Waals surface area contributed by atoms with E-state index in [1.165, 1.54) is 14.0 Å². The van der Waals surface area contributed by atoms with E-state index in [0.29, 0.717) is 109 Å². The van der Waals surface area contributed by atoms with Crippen molar-refractivity contribution in [2.24, 2.45) is 11.8 Å². The van der Waals surface area contributed by atoms with Crippen molar-refractivity contribution in [2.75, 3.05) is 73.1 Å². The van der Waals surface area contributed by atoms with Crippen molar-refractivity contribution in [3.05, 3.63) is 0 Å². The molecule has 0 aromatic heterocycles. The Balaban J connectivity index is 1.55. The molecule has 0 radical (unpaired) electrons. The number of ether oxygens (including phenoxy) is 7. The van der Waals surface area contributed by atoms with Gasteiger partial charge in [0.25, 0.3) is 0 Å². The first-order valence-corrected chi connectivity index (χ1v) is 32.3. The molecule has 3 saturated heterocycles. The maximum Gasteiger partial charge on any atom is 0.243 e. The van der Waals surface area contributed by atoms with Crippen molar-refractivity contribution in [2.45, 2.75) is 254 Å². The summed E-state index contributed by atoms with van der Waals surface area (Å²) >= 11 is 0. The third-order valence-corrected chi connectivity index (χ3v) is 16.2. The second-order valence-electron chi connectivity index (χ2n) is 23.6. The van der Waals surface area contributed by atoms with Crippen LogP contribution in [0.5, 0.6) is 0 Å². The van der Waals surface area contributed by atoms with Gasteiger partial charge in [-0.2, -0.15) is 0 Å². The molecule has 0 saturated carbocycles. The highest BCUT2D eigenvalue weighted by molar-refractivity contribution is 5.92. The van der Waals surface area contributed by atoms with Gasteiger partial charge in [-0.15, -0.1) is 0 Å². The van der Waals surface area contributed by atoms with E-state index in [0.717, 1.165) is 0 Å². The molecule has 522 valence electrons. The van der Waals surface area contributed by atoms with Crippen LogP contribution in [0.3, 0.4) is 0 Å². The Kier molecular flexibility index (Phi) is 40.7. The molecule has 30 nitrogen and oxygen atoms in total. The summed E-state index contributed by atoms with van der Waals surface area (Å²) in [6.07, 6.45) is -3.82. The first kappa shape index (κ1) is 79.9. The van der Waals surface area contributed by atoms with E-state index in [-0.39, 0.29) is 95.9 Å². The summed E-state index contributed by atoms with van der Waals surface area (Å²) in [5.74, 6) is -3.51. The summed E-state index contributed by atoms with van der Waals surface area (Å²) in [4.78, 5) is 90.8. The monoisotopic (exact) mass is 1300 g/mol. The topological polar surface area (TPSA) is 450 Å². The number of carbonyl (C=O) groups excluding carboxylic acids is 7. The van der Waals surface area contributed by atoms with E-state index >= 15 is 0 Å². The first-order valence-electron chi connectivity index (χ1n) is 32.3. The van der Waals surface area contributed by atoms with Crippen molar-refractivity contribution in [3.63, 3.8) is 0 Å². The minimum atomic E-state index is -1.44. The number of rotatable bonds is 47. The standard InChI is InChI=1S/C60H109N7O23/c1-37-50(76)52(78)42(33-68)88-58(37)85-30-18-6-10-23-45(72)62-28-17-14-22-41(66-48(75)26-12-8-19-31-86-59-38(2)51(77)53(79)43(34-69)89-59)57(83)67-40(56(82)63-29-15-5-9-25-47(74)64-36-84-4)21-13-16-27-61-46(73)24-11-7-20-32-87-60-49(65-39(3)71)55(81)54(80)44(35-70)90-60/h37-38,40-44,49-55,58-60,68-70,76-81H,5-36H2,1-4H3,(H,61,73)(H,62,72)(H,63,82)(H,64,74)(H,65,71)(H,66,75)(H,67,83)/t37?,38?,40?,41?,42?,43?,44?,49?,50-,51-,52+,53+,54+,55-,58-,59-,60-/m1/s1. The summed E-state index contributed by atoms with van der Waals surface area (Å²) in [5.41, 5.74) is 0. The molecule has 0 spiro atoms. The Hall–Kier alpha value is -4.35. The molecule has 3 aliphatic heterocycles. The number of aliphatic hydroxyl groups excluding tert-OH is 9.